The molecule has 10 aliphatic rings. The number of carbonyl (C=O) groups is 3. The van der Waals surface area contributed by atoms with Gasteiger partial charge >= 0.3 is 18.1 Å². The minimum absolute atomic E-state index is 0.0211. The normalized spacial score (nSPS) is 20.7. The number of rotatable bonds is 19. The molecular formula is C88H112FN9O14. The smallest absolute Gasteiger partial charge is 0.325 e. The van der Waals surface area contributed by atoms with Crippen molar-refractivity contribution in [2.24, 2.45) is 0 Å². The van der Waals surface area contributed by atoms with Crippen molar-refractivity contribution in [1.82, 2.24) is 44.1 Å². The molecule has 0 bridgehead atoms. The molecule has 16 rings (SSSR count). The average Bonchev–Trinajstić information content (AvgIpc) is 1.57. The van der Waals surface area contributed by atoms with E-state index in [1.54, 1.807) is 69.2 Å². The molecule has 0 unspecified atom stereocenters. The first-order chi connectivity index (χ1) is 53.8. The van der Waals surface area contributed by atoms with Gasteiger partial charge < -0.3 is 66.5 Å². The number of urea groups is 3. The Labute approximate surface area is 659 Å². The Hall–Kier alpha value is -9.46. The third-order valence-electron chi connectivity index (χ3n) is 25.0. The molecule has 1 aromatic heterocycles. The van der Waals surface area contributed by atoms with Crippen LogP contribution in [0, 0.1) is 5.82 Å². The maximum Gasteiger partial charge on any atom is 0.325 e. The number of carbonyl (C=O) groups excluding carboxylic acids is 3. The van der Waals surface area contributed by atoms with Crippen LogP contribution in [-0.2, 0) is 65.0 Å². The number of hydrogen-bond acceptors (Lipinski definition) is 17. The highest BCUT2D eigenvalue weighted by molar-refractivity contribution is 5.85. The number of amides is 6. The van der Waals surface area contributed by atoms with Crippen LogP contribution in [-0.4, -0.2) is 215 Å². The first kappa shape index (κ1) is 79.2. The number of likely N-dealkylation sites (N-methyl/N-ethyl adjacent to an activating group) is 1. The van der Waals surface area contributed by atoms with E-state index in [9.17, 15) is 18.8 Å². The topological polar surface area (TPSA) is 186 Å². The Balaban J connectivity index is 0.000000140. The summed E-state index contributed by atoms with van der Waals surface area (Å²) in [4.78, 5) is 61.0. The number of methoxy groups -OCH3 is 8. The SMILES string of the molecule is CCN1C(=O)N2Cc3cc4c(cc3C(C)(C)C=C2C12CCN(Cc1cc(OC)cc(OC)c1)CC2)OCO4.COCCN1C(=O)N2Cc3cc(F)ccc3C(C)(C)C=C2C12CCN(Cc1cc(OC)cc(OC)c1)CC2.COCCN1C(=O)N2Cc3ccoc3C(C)(C)C=C2C12CCN(Cc1cc(OC)cc(OC)c1)CC2. The van der Waals surface area contributed by atoms with E-state index in [0.717, 1.165) is 205 Å². The summed E-state index contributed by atoms with van der Waals surface area (Å²) in [5.74, 6) is 6.96. The summed E-state index contributed by atoms with van der Waals surface area (Å²) in [6.45, 7) is 27.3. The van der Waals surface area contributed by atoms with E-state index >= 15 is 0 Å². The maximum atomic E-state index is 14.3. The van der Waals surface area contributed by atoms with E-state index in [2.05, 4.69) is 128 Å². The lowest BCUT2D eigenvalue weighted by atomic mass is 9.77. The standard InChI is InChI=1S/C30H38FN3O4.C30H37N3O5.C28H37N3O5/c1-29(2)18-27-30(8-10-32(11-9-30)19-21-14-24(37-4)17-25(15-21)38-5)34(12-13-36-3)28(35)33(27)20-22-16-23(31)6-7-26(22)29;1-6-33-28(34)32-18-21-13-25-26(38-19-37-25)15-24(21)29(2,3)16-27(32)30(33)7-9-31(10-8-30)17-20-11-22(35-4)14-23(12-20)36-5;1-27(2)17-24-28(31(11-13-33-3)26(32)30(24)19-21-6-12-36-25(21)27)7-9-29(10-8-28)18-20-14-22(34-4)16-23(15-20)35-5/h6-7,14-18H,8-13,19-20H2,1-5H3;11-16H,6-10,17-19H2,1-5H3;6,12,14-17H,7-11,13,18-19H2,1-5H3. The number of allylic oxidation sites excluding steroid dienone is 3. The fraction of sp³-hybridized carbons (Fsp3) is 0.511. The van der Waals surface area contributed by atoms with E-state index in [-0.39, 0.29) is 58.0 Å². The van der Waals surface area contributed by atoms with Gasteiger partial charge in [0.1, 0.15) is 46.1 Å². The van der Waals surface area contributed by atoms with Gasteiger partial charge in [-0.05, 0) is 171 Å². The molecule has 5 aromatic carbocycles. The van der Waals surface area contributed by atoms with Gasteiger partial charge in [-0.2, -0.15) is 0 Å². The zero-order valence-corrected chi connectivity index (χ0v) is 68.1. The summed E-state index contributed by atoms with van der Waals surface area (Å²) in [5, 5.41) is 0. The van der Waals surface area contributed by atoms with E-state index in [1.807, 2.05) is 62.1 Å². The summed E-state index contributed by atoms with van der Waals surface area (Å²) < 4.78 is 75.1. The number of ether oxygens (including phenoxy) is 10. The van der Waals surface area contributed by atoms with Gasteiger partial charge in [0, 0.05) is 150 Å². The van der Waals surface area contributed by atoms with Gasteiger partial charge in [-0.25, -0.2) is 18.8 Å². The van der Waals surface area contributed by atoms with Crippen molar-refractivity contribution in [3.63, 3.8) is 0 Å². The summed E-state index contributed by atoms with van der Waals surface area (Å²) in [6.07, 6.45) is 13.7. The maximum absolute atomic E-state index is 14.3. The largest absolute Gasteiger partial charge is 0.497 e. The van der Waals surface area contributed by atoms with Crippen molar-refractivity contribution in [2.75, 3.05) is 136 Å². The van der Waals surface area contributed by atoms with Gasteiger partial charge in [-0.3, -0.25) is 29.4 Å². The lowest BCUT2D eigenvalue weighted by molar-refractivity contribution is 0.0666. The molecule has 3 spiro atoms. The van der Waals surface area contributed by atoms with E-state index in [0.29, 0.717) is 52.5 Å². The minimum atomic E-state index is -0.421. The van der Waals surface area contributed by atoms with Crippen LogP contribution in [0.15, 0.2) is 137 Å². The molecular weight excluding hydrogens is 1430 g/mol. The van der Waals surface area contributed by atoms with Crippen LogP contribution in [0.3, 0.4) is 0 Å². The Morgan fingerprint density at radius 2 is 0.768 bits per heavy atom. The van der Waals surface area contributed by atoms with Crippen molar-refractivity contribution < 1.29 is 70.6 Å². The molecule has 600 valence electrons. The molecule has 6 fully saturated rings. The highest BCUT2D eigenvalue weighted by atomic mass is 19.1. The fourth-order valence-corrected chi connectivity index (χ4v) is 19.3. The molecule has 6 saturated heterocycles. The number of halogens is 1. The monoisotopic (exact) mass is 1540 g/mol. The molecule has 24 heteroatoms. The molecule has 0 radical (unpaired) electrons. The summed E-state index contributed by atoms with van der Waals surface area (Å²) in [7, 11) is 13.4. The number of hydrogen-bond donors (Lipinski definition) is 0. The Bertz CT molecular complexity index is 4510. The molecule has 0 atom stereocenters. The summed E-state index contributed by atoms with van der Waals surface area (Å²) in [6, 6.07) is 29.3. The molecule has 11 heterocycles. The van der Waals surface area contributed by atoms with Crippen LogP contribution in [0.4, 0.5) is 18.8 Å². The summed E-state index contributed by atoms with van der Waals surface area (Å²) >= 11 is 0. The Morgan fingerprint density at radius 1 is 0.411 bits per heavy atom. The van der Waals surface area contributed by atoms with Crippen molar-refractivity contribution in [2.45, 2.75) is 159 Å². The van der Waals surface area contributed by atoms with Gasteiger partial charge in [-0.1, -0.05) is 45.9 Å². The van der Waals surface area contributed by atoms with E-state index < -0.39 is 5.54 Å². The number of furan rings is 1. The van der Waals surface area contributed by atoms with Crippen LogP contribution >= 0.6 is 0 Å². The lowest BCUT2D eigenvalue weighted by Gasteiger charge is -2.45. The Kier molecular flexibility index (Phi) is 22.5. The van der Waals surface area contributed by atoms with Crippen LogP contribution in [0.5, 0.6) is 46.0 Å². The van der Waals surface area contributed by atoms with Crippen molar-refractivity contribution >= 4 is 18.1 Å². The van der Waals surface area contributed by atoms with Crippen molar-refractivity contribution in [3.8, 4) is 46.0 Å². The molecule has 23 nitrogen and oxygen atoms in total. The van der Waals surface area contributed by atoms with Gasteiger partial charge in [0.05, 0.1) is 98.4 Å². The number of likely N-dealkylation sites (tertiary alicyclic amines) is 3. The minimum Gasteiger partial charge on any atom is -0.497 e. The van der Waals surface area contributed by atoms with Crippen molar-refractivity contribution in [3.05, 3.63) is 189 Å². The Morgan fingerprint density at radius 3 is 1.16 bits per heavy atom. The van der Waals surface area contributed by atoms with Gasteiger partial charge in [0.25, 0.3) is 0 Å². The third-order valence-corrected chi connectivity index (χ3v) is 25.0. The van der Waals surface area contributed by atoms with Crippen LogP contribution in [0.25, 0.3) is 0 Å². The number of fused-ring (bicyclic) bond motifs is 10. The molecule has 10 aliphatic heterocycles. The fourth-order valence-electron chi connectivity index (χ4n) is 19.3. The number of piperidine rings is 3. The molecule has 0 N–H and O–H groups in total. The van der Waals surface area contributed by atoms with Gasteiger partial charge in [0.2, 0.25) is 6.79 Å². The molecule has 0 aliphatic carbocycles. The zero-order valence-electron chi connectivity index (χ0n) is 68.1. The molecule has 6 aromatic rings. The second-order valence-corrected chi connectivity index (χ2v) is 32.9. The number of nitrogens with zero attached hydrogens (tertiary/aromatic N) is 9. The highest BCUT2D eigenvalue weighted by Gasteiger charge is 2.59. The van der Waals surface area contributed by atoms with Gasteiger partial charge in [-0.15, -0.1) is 0 Å². The van der Waals surface area contributed by atoms with Crippen LogP contribution in [0.1, 0.15) is 137 Å². The van der Waals surface area contributed by atoms with E-state index in [4.69, 9.17) is 51.8 Å². The average molecular weight is 1540 g/mol. The molecule has 112 heavy (non-hydrogen) atoms. The first-order valence-electron chi connectivity index (χ1n) is 39.4. The van der Waals surface area contributed by atoms with Crippen LogP contribution < -0.4 is 37.9 Å². The van der Waals surface area contributed by atoms with E-state index in [1.165, 1.54) is 11.6 Å². The quantitative estimate of drug-likeness (QED) is 0.0745. The lowest BCUT2D eigenvalue weighted by Crippen LogP contribution is -2.54. The van der Waals surface area contributed by atoms with Crippen molar-refractivity contribution in [1.29, 1.82) is 0 Å². The second kappa shape index (κ2) is 31.8. The predicted molar refractivity (Wildman–Crippen MR) is 424 cm³/mol. The van der Waals surface area contributed by atoms with Gasteiger partial charge in [0.15, 0.2) is 11.5 Å². The summed E-state index contributed by atoms with van der Waals surface area (Å²) in [5.41, 5.74) is 10.1. The number of benzene rings is 5. The molecule has 0 saturated carbocycles. The highest BCUT2D eigenvalue weighted by Crippen LogP contribution is 2.54. The molecule has 6 amide bonds. The second-order valence-electron chi connectivity index (χ2n) is 32.9. The predicted octanol–water partition coefficient (Wildman–Crippen LogP) is 14.2. The third kappa shape index (κ3) is 14.9. The van der Waals surface area contributed by atoms with Crippen LogP contribution in [0.2, 0.25) is 0 Å². The zero-order chi connectivity index (χ0) is 79.2. The first-order valence-corrected chi connectivity index (χ1v) is 39.4.